The van der Waals surface area contributed by atoms with E-state index in [-0.39, 0.29) is 11.8 Å². The Kier molecular flexibility index (Phi) is 4.73. The number of carbonyl (C=O) groups excluding carboxylic acids is 1. The van der Waals surface area contributed by atoms with Crippen molar-refractivity contribution in [1.29, 1.82) is 0 Å². The zero-order valence-electron chi connectivity index (χ0n) is 16.0. The van der Waals surface area contributed by atoms with Gasteiger partial charge in [-0.1, -0.05) is 22.9 Å². The molecule has 1 atom stereocenters. The smallest absolute Gasteiger partial charge is 0.257 e. The number of anilines is 1. The van der Waals surface area contributed by atoms with Crippen molar-refractivity contribution in [1.82, 2.24) is 10.1 Å². The van der Waals surface area contributed by atoms with E-state index in [2.05, 4.69) is 10.1 Å². The molecular weight excluding hydrogens is 358 g/mol. The van der Waals surface area contributed by atoms with Gasteiger partial charge in [0, 0.05) is 42.6 Å². The summed E-state index contributed by atoms with van der Waals surface area (Å²) in [6, 6.07) is 13.3. The molecule has 0 bridgehead atoms. The predicted octanol–water partition coefficient (Wildman–Crippen LogP) is 3.58. The molecule has 0 saturated carbocycles. The number of benzene rings is 2. The minimum Gasteiger partial charge on any atom is -0.497 e. The number of rotatable bonds is 5. The number of methoxy groups -OCH3 is 2. The minimum absolute atomic E-state index is 0.00205. The van der Waals surface area contributed by atoms with Gasteiger partial charge in [-0.15, -0.1) is 0 Å². The van der Waals surface area contributed by atoms with Crippen LogP contribution in [-0.2, 0) is 4.79 Å². The number of amides is 1. The Bertz CT molecular complexity index is 992. The normalized spacial score (nSPS) is 16.5. The van der Waals surface area contributed by atoms with Gasteiger partial charge in [-0.3, -0.25) is 4.79 Å². The number of aromatic nitrogens is 2. The van der Waals surface area contributed by atoms with Gasteiger partial charge in [-0.25, -0.2) is 0 Å². The molecule has 3 aromatic rings. The summed E-state index contributed by atoms with van der Waals surface area (Å²) in [6.45, 7) is 2.48. The average molecular weight is 379 g/mol. The van der Waals surface area contributed by atoms with E-state index in [0.717, 1.165) is 16.8 Å². The zero-order chi connectivity index (χ0) is 19.7. The Labute approximate surface area is 162 Å². The van der Waals surface area contributed by atoms with Gasteiger partial charge in [0.25, 0.3) is 5.89 Å². The van der Waals surface area contributed by atoms with E-state index in [1.165, 1.54) is 0 Å². The van der Waals surface area contributed by atoms with Crippen LogP contribution in [0.2, 0.25) is 0 Å². The first-order valence-electron chi connectivity index (χ1n) is 9.01. The molecule has 144 valence electrons. The van der Waals surface area contributed by atoms with Gasteiger partial charge < -0.3 is 18.9 Å². The van der Waals surface area contributed by atoms with Gasteiger partial charge in [0.05, 0.1) is 19.9 Å². The standard InChI is InChI=1S/C21H21N3O4/c1-13-5-4-6-14(7-13)21-22-20(23-28-21)15-8-19(25)24(12-15)16-9-17(26-2)11-18(10-16)27-3/h4-7,9-11,15H,8,12H2,1-3H3. The van der Waals surface area contributed by atoms with E-state index in [4.69, 9.17) is 14.0 Å². The second kappa shape index (κ2) is 7.34. The summed E-state index contributed by atoms with van der Waals surface area (Å²) in [5, 5.41) is 4.12. The second-order valence-corrected chi connectivity index (χ2v) is 6.80. The Morgan fingerprint density at radius 1 is 1.11 bits per heavy atom. The van der Waals surface area contributed by atoms with Crippen molar-refractivity contribution in [3.8, 4) is 23.0 Å². The molecule has 1 aliphatic heterocycles. The van der Waals surface area contributed by atoms with Crippen molar-refractivity contribution in [3.05, 3.63) is 53.9 Å². The summed E-state index contributed by atoms with van der Waals surface area (Å²) in [5.74, 6) is 2.14. The van der Waals surface area contributed by atoms with Crippen molar-refractivity contribution >= 4 is 11.6 Å². The summed E-state index contributed by atoms with van der Waals surface area (Å²) >= 11 is 0. The van der Waals surface area contributed by atoms with Gasteiger partial charge >= 0.3 is 0 Å². The SMILES string of the molecule is COc1cc(OC)cc(N2CC(c3noc(-c4cccc(C)c4)n3)CC2=O)c1. The number of nitrogens with zero attached hydrogens (tertiary/aromatic N) is 3. The summed E-state index contributed by atoms with van der Waals surface area (Å²) < 4.78 is 16.1. The Morgan fingerprint density at radius 2 is 1.86 bits per heavy atom. The van der Waals surface area contributed by atoms with Crippen molar-refractivity contribution in [2.45, 2.75) is 19.3 Å². The number of ether oxygens (including phenoxy) is 2. The maximum absolute atomic E-state index is 12.6. The number of hydrogen-bond acceptors (Lipinski definition) is 6. The lowest BCUT2D eigenvalue weighted by Crippen LogP contribution is -2.24. The van der Waals surface area contributed by atoms with Gasteiger partial charge in [0.1, 0.15) is 11.5 Å². The lowest BCUT2D eigenvalue weighted by atomic mass is 10.1. The fourth-order valence-corrected chi connectivity index (χ4v) is 3.37. The van der Waals surface area contributed by atoms with Crippen LogP contribution in [0.15, 0.2) is 47.0 Å². The summed E-state index contributed by atoms with van der Waals surface area (Å²) in [5.41, 5.74) is 2.72. The number of carbonyl (C=O) groups is 1. The van der Waals surface area contributed by atoms with Crippen molar-refractivity contribution < 1.29 is 18.8 Å². The highest BCUT2D eigenvalue weighted by atomic mass is 16.5. The highest BCUT2D eigenvalue weighted by Crippen LogP contribution is 2.35. The molecule has 2 heterocycles. The van der Waals surface area contributed by atoms with Crippen LogP contribution in [0.3, 0.4) is 0 Å². The van der Waals surface area contributed by atoms with Gasteiger partial charge in [0.15, 0.2) is 5.82 Å². The fraction of sp³-hybridized carbons (Fsp3) is 0.286. The quantitative estimate of drug-likeness (QED) is 0.674. The molecule has 1 saturated heterocycles. The molecule has 7 nitrogen and oxygen atoms in total. The van der Waals surface area contributed by atoms with E-state index in [9.17, 15) is 4.79 Å². The molecule has 7 heteroatoms. The van der Waals surface area contributed by atoms with Crippen molar-refractivity contribution in [2.24, 2.45) is 0 Å². The molecule has 0 aliphatic carbocycles. The Hall–Kier alpha value is -3.35. The third kappa shape index (κ3) is 3.43. The summed E-state index contributed by atoms with van der Waals surface area (Å²) in [4.78, 5) is 18.9. The molecule has 1 aromatic heterocycles. The number of hydrogen-bond donors (Lipinski definition) is 0. The van der Waals surface area contributed by atoms with Crippen molar-refractivity contribution in [2.75, 3.05) is 25.7 Å². The van der Waals surface area contributed by atoms with Crippen LogP contribution >= 0.6 is 0 Å². The monoisotopic (exact) mass is 379 g/mol. The maximum atomic E-state index is 12.6. The van der Waals surface area contributed by atoms with Gasteiger partial charge in [0.2, 0.25) is 5.91 Å². The lowest BCUT2D eigenvalue weighted by Gasteiger charge is -2.18. The molecule has 2 aromatic carbocycles. The molecular formula is C21H21N3O4. The third-order valence-electron chi connectivity index (χ3n) is 4.84. The van der Waals surface area contributed by atoms with Crippen LogP contribution in [0.25, 0.3) is 11.5 Å². The van der Waals surface area contributed by atoms with Gasteiger partial charge in [-0.05, 0) is 19.1 Å². The zero-order valence-corrected chi connectivity index (χ0v) is 16.0. The summed E-state index contributed by atoms with van der Waals surface area (Å²) in [7, 11) is 3.17. The third-order valence-corrected chi connectivity index (χ3v) is 4.84. The second-order valence-electron chi connectivity index (χ2n) is 6.80. The molecule has 0 radical (unpaired) electrons. The fourth-order valence-electron chi connectivity index (χ4n) is 3.37. The van der Waals surface area contributed by atoms with Crippen LogP contribution < -0.4 is 14.4 Å². The molecule has 1 fully saturated rings. The van der Waals surface area contributed by atoms with E-state index in [1.807, 2.05) is 43.3 Å². The van der Waals surface area contributed by atoms with E-state index in [0.29, 0.717) is 36.2 Å². The first-order chi connectivity index (χ1) is 13.6. The largest absolute Gasteiger partial charge is 0.497 e. The highest BCUT2D eigenvalue weighted by molar-refractivity contribution is 5.96. The summed E-state index contributed by atoms with van der Waals surface area (Å²) in [6.07, 6.45) is 0.326. The Morgan fingerprint density at radius 3 is 2.54 bits per heavy atom. The maximum Gasteiger partial charge on any atom is 0.257 e. The van der Waals surface area contributed by atoms with Crippen LogP contribution in [0.1, 0.15) is 23.7 Å². The molecule has 0 N–H and O–H groups in total. The van der Waals surface area contributed by atoms with E-state index >= 15 is 0 Å². The predicted molar refractivity (Wildman–Crippen MR) is 104 cm³/mol. The first-order valence-corrected chi connectivity index (χ1v) is 9.01. The van der Waals surface area contributed by atoms with Crippen LogP contribution in [-0.4, -0.2) is 36.8 Å². The topological polar surface area (TPSA) is 77.7 Å². The average Bonchev–Trinajstić information content (AvgIpc) is 3.34. The lowest BCUT2D eigenvalue weighted by molar-refractivity contribution is -0.117. The molecule has 1 unspecified atom stereocenters. The van der Waals surface area contributed by atoms with E-state index in [1.54, 1.807) is 25.2 Å². The highest BCUT2D eigenvalue weighted by Gasteiger charge is 2.35. The van der Waals surface area contributed by atoms with E-state index < -0.39 is 0 Å². The number of aryl methyl sites for hydroxylation is 1. The molecule has 4 rings (SSSR count). The van der Waals surface area contributed by atoms with Crippen LogP contribution in [0.5, 0.6) is 11.5 Å². The molecule has 1 amide bonds. The van der Waals surface area contributed by atoms with Crippen molar-refractivity contribution in [3.63, 3.8) is 0 Å². The molecule has 28 heavy (non-hydrogen) atoms. The molecule has 1 aliphatic rings. The molecule has 0 spiro atoms. The van der Waals surface area contributed by atoms with Gasteiger partial charge in [-0.2, -0.15) is 4.98 Å². The van der Waals surface area contributed by atoms with Crippen LogP contribution in [0, 0.1) is 6.92 Å². The first kappa shape index (κ1) is 18.0. The Balaban J connectivity index is 1.57. The van der Waals surface area contributed by atoms with Crippen LogP contribution in [0.4, 0.5) is 5.69 Å². The minimum atomic E-state index is -0.132.